The molecule has 4 heteroatoms. The van der Waals surface area contributed by atoms with Gasteiger partial charge in [-0.15, -0.1) is 0 Å². The zero-order chi connectivity index (χ0) is 18.1. The van der Waals surface area contributed by atoms with Gasteiger partial charge in [-0.1, -0.05) is 54.6 Å². The molecule has 0 aliphatic carbocycles. The summed E-state index contributed by atoms with van der Waals surface area (Å²) >= 11 is 0. The second-order valence-corrected chi connectivity index (χ2v) is 6.04. The van der Waals surface area contributed by atoms with Crippen LogP contribution in [0.3, 0.4) is 0 Å². The van der Waals surface area contributed by atoms with Gasteiger partial charge in [-0.05, 0) is 36.1 Å². The van der Waals surface area contributed by atoms with Crippen LogP contribution in [0.2, 0.25) is 0 Å². The van der Waals surface area contributed by atoms with Crippen LogP contribution >= 0.6 is 0 Å². The van der Waals surface area contributed by atoms with Crippen molar-refractivity contribution in [2.45, 2.75) is 25.5 Å². The maximum Gasteiger partial charge on any atom is 0.330 e. The molecule has 25 heavy (non-hydrogen) atoms. The van der Waals surface area contributed by atoms with Crippen LogP contribution in [0.4, 0.5) is 0 Å². The number of aliphatic hydroxyl groups excluding tert-OH is 1. The van der Waals surface area contributed by atoms with E-state index >= 15 is 0 Å². The largest absolute Gasteiger partial charge is 0.466 e. The topological polar surface area (TPSA) is 58.6 Å². The monoisotopic (exact) mass is 339 g/mol. The molecule has 4 nitrogen and oxygen atoms in total. The Morgan fingerprint density at radius 2 is 1.84 bits per heavy atom. The number of methoxy groups -OCH3 is 1. The average Bonchev–Trinajstić information content (AvgIpc) is 2.66. The van der Waals surface area contributed by atoms with E-state index in [0.717, 1.165) is 17.5 Å². The quantitative estimate of drug-likeness (QED) is 0.573. The van der Waals surface area contributed by atoms with E-state index < -0.39 is 6.10 Å². The van der Waals surface area contributed by atoms with Crippen molar-refractivity contribution in [2.24, 2.45) is 0 Å². The van der Waals surface area contributed by atoms with E-state index in [4.69, 9.17) is 0 Å². The normalized spacial score (nSPS) is 13.6. The summed E-state index contributed by atoms with van der Waals surface area (Å²) in [4.78, 5) is 11.1. The van der Waals surface area contributed by atoms with Gasteiger partial charge in [-0.2, -0.15) is 0 Å². The van der Waals surface area contributed by atoms with Gasteiger partial charge >= 0.3 is 5.97 Å². The highest BCUT2D eigenvalue weighted by atomic mass is 16.5. The Kier molecular flexibility index (Phi) is 7.38. The first-order chi connectivity index (χ1) is 12.1. The summed E-state index contributed by atoms with van der Waals surface area (Å²) in [5, 5.41) is 13.6. The highest BCUT2D eigenvalue weighted by Crippen LogP contribution is 2.12. The van der Waals surface area contributed by atoms with Crippen molar-refractivity contribution < 1.29 is 14.6 Å². The van der Waals surface area contributed by atoms with Crippen molar-refractivity contribution in [1.29, 1.82) is 0 Å². The fraction of sp³-hybridized carbons (Fsp3) is 0.286. The first-order valence-electron chi connectivity index (χ1n) is 8.40. The summed E-state index contributed by atoms with van der Waals surface area (Å²) < 4.78 is 4.57. The Morgan fingerprint density at radius 1 is 1.16 bits per heavy atom. The molecule has 0 fully saturated rings. The number of hydrogen-bond acceptors (Lipinski definition) is 4. The smallest absolute Gasteiger partial charge is 0.330 e. The van der Waals surface area contributed by atoms with Crippen LogP contribution in [0, 0.1) is 0 Å². The second kappa shape index (κ2) is 9.77. The van der Waals surface area contributed by atoms with E-state index in [1.807, 2.05) is 54.6 Å². The van der Waals surface area contributed by atoms with Gasteiger partial charge in [-0.3, -0.25) is 0 Å². The third kappa shape index (κ3) is 6.53. The molecule has 2 aromatic rings. The minimum atomic E-state index is -0.505. The maximum absolute atomic E-state index is 11.1. The molecule has 2 rings (SSSR count). The number of ether oxygens (including phenoxy) is 1. The molecule has 2 atom stereocenters. The standard InChI is InChI=1S/C21H25NO3/c1-16(22-15-20(23)19-6-4-3-5-7-19)14-18-10-8-17(9-11-18)12-13-21(24)25-2/h3-13,16,20,22-23H,14-15H2,1-2H3/b13-12+. The molecule has 0 amide bonds. The summed E-state index contributed by atoms with van der Waals surface area (Å²) in [6.07, 6.45) is 3.50. The van der Waals surface area contributed by atoms with E-state index in [0.29, 0.717) is 6.54 Å². The summed E-state index contributed by atoms with van der Waals surface area (Å²) in [6.45, 7) is 2.62. The number of carbonyl (C=O) groups excluding carboxylic acids is 1. The van der Waals surface area contributed by atoms with E-state index in [1.165, 1.54) is 18.7 Å². The van der Waals surface area contributed by atoms with Gasteiger partial charge < -0.3 is 15.2 Å². The van der Waals surface area contributed by atoms with E-state index in [1.54, 1.807) is 6.08 Å². The molecule has 0 bridgehead atoms. The fourth-order valence-electron chi connectivity index (χ4n) is 2.53. The molecule has 0 saturated carbocycles. The molecule has 0 aliphatic heterocycles. The summed E-state index contributed by atoms with van der Waals surface area (Å²) in [5.74, 6) is -0.362. The van der Waals surface area contributed by atoms with Crippen molar-refractivity contribution in [3.05, 3.63) is 77.4 Å². The maximum atomic E-state index is 11.1. The first-order valence-corrected chi connectivity index (χ1v) is 8.40. The molecular formula is C21H25NO3. The minimum Gasteiger partial charge on any atom is -0.466 e. The van der Waals surface area contributed by atoms with Gasteiger partial charge in [0.1, 0.15) is 0 Å². The van der Waals surface area contributed by atoms with Crippen LogP contribution in [0.25, 0.3) is 6.08 Å². The van der Waals surface area contributed by atoms with Crippen LogP contribution in [-0.4, -0.2) is 30.8 Å². The highest BCUT2D eigenvalue weighted by molar-refractivity contribution is 5.86. The molecule has 2 aromatic carbocycles. The van der Waals surface area contributed by atoms with Gasteiger partial charge in [0.25, 0.3) is 0 Å². The van der Waals surface area contributed by atoms with Gasteiger partial charge in [-0.25, -0.2) is 4.79 Å². The van der Waals surface area contributed by atoms with Crippen LogP contribution in [-0.2, 0) is 16.0 Å². The molecule has 0 aliphatic rings. The van der Waals surface area contributed by atoms with Crippen LogP contribution in [0.15, 0.2) is 60.7 Å². The molecule has 0 heterocycles. The molecule has 0 aromatic heterocycles. The van der Waals surface area contributed by atoms with Gasteiger partial charge in [0, 0.05) is 18.7 Å². The second-order valence-electron chi connectivity index (χ2n) is 6.04. The minimum absolute atomic E-state index is 0.245. The Hall–Kier alpha value is -2.43. The van der Waals surface area contributed by atoms with Gasteiger partial charge in [0.15, 0.2) is 0 Å². The van der Waals surface area contributed by atoms with Crippen LogP contribution < -0.4 is 5.32 Å². The van der Waals surface area contributed by atoms with Crippen molar-refractivity contribution >= 4 is 12.0 Å². The summed E-state index contributed by atoms with van der Waals surface area (Å²) in [5.41, 5.74) is 3.07. The summed E-state index contributed by atoms with van der Waals surface area (Å²) in [7, 11) is 1.36. The fourth-order valence-corrected chi connectivity index (χ4v) is 2.53. The number of nitrogens with one attached hydrogen (secondary N) is 1. The molecule has 132 valence electrons. The first kappa shape index (κ1) is 18.9. The molecule has 2 unspecified atom stereocenters. The number of rotatable bonds is 8. The molecule has 0 saturated heterocycles. The molecule has 0 spiro atoms. The number of benzene rings is 2. The Morgan fingerprint density at radius 3 is 2.48 bits per heavy atom. The lowest BCUT2D eigenvalue weighted by Gasteiger charge is -2.17. The lowest BCUT2D eigenvalue weighted by Crippen LogP contribution is -2.32. The SMILES string of the molecule is COC(=O)/C=C/c1ccc(CC(C)NCC(O)c2ccccc2)cc1. The van der Waals surface area contributed by atoms with Crippen LogP contribution in [0.1, 0.15) is 29.7 Å². The zero-order valence-electron chi connectivity index (χ0n) is 14.7. The lowest BCUT2D eigenvalue weighted by atomic mass is 10.0. The third-order valence-corrected chi connectivity index (χ3v) is 3.98. The Balaban J connectivity index is 1.81. The van der Waals surface area contributed by atoms with Crippen molar-refractivity contribution in [3.8, 4) is 0 Å². The van der Waals surface area contributed by atoms with E-state index in [2.05, 4.69) is 17.0 Å². The molecule has 2 N–H and O–H groups in total. The van der Waals surface area contributed by atoms with E-state index in [-0.39, 0.29) is 12.0 Å². The number of esters is 1. The predicted octanol–water partition coefficient (Wildman–Crippen LogP) is 3.13. The third-order valence-electron chi connectivity index (χ3n) is 3.98. The lowest BCUT2D eigenvalue weighted by molar-refractivity contribution is -0.134. The van der Waals surface area contributed by atoms with Gasteiger partial charge in [0.05, 0.1) is 13.2 Å². The molecular weight excluding hydrogens is 314 g/mol. The van der Waals surface area contributed by atoms with Crippen molar-refractivity contribution in [1.82, 2.24) is 5.32 Å². The average molecular weight is 339 g/mol. The van der Waals surface area contributed by atoms with Crippen molar-refractivity contribution in [2.75, 3.05) is 13.7 Å². The highest BCUT2D eigenvalue weighted by Gasteiger charge is 2.09. The van der Waals surface area contributed by atoms with Gasteiger partial charge in [0.2, 0.25) is 0 Å². The zero-order valence-corrected chi connectivity index (χ0v) is 14.7. The number of carbonyl (C=O) groups is 1. The Bertz CT molecular complexity index is 680. The summed E-state index contributed by atoms with van der Waals surface area (Å²) in [6, 6.07) is 17.9. The number of aliphatic hydroxyl groups is 1. The molecule has 0 radical (unpaired) electrons. The predicted molar refractivity (Wildman–Crippen MR) is 100 cm³/mol. The van der Waals surface area contributed by atoms with Crippen molar-refractivity contribution in [3.63, 3.8) is 0 Å². The Labute approximate surface area is 149 Å². The van der Waals surface area contributed by atoms with E-state index in [9.17, 15) is 9.90 Å². The number of hydrogen-bond donors (Lipinski definition) is 2. The van der Waals surface area contributed by atoms with Crippen LogP contribution in [0.5, 0.6) is 0 Å².